The van der Waals surface area contributed by atoms with E-state index in [1.165, 1.54) is 58.5 Å². The summed E-state index contributed by atoms with van der Waals surface area (Å²) in [4.78, 5) is 5.35. The molecule has 0 aromatic rings. The molecule has 3 nitrogen and oxygen atoms in total. The van der Waals surface area contributed by atoms with Crippen molar-refractivity contribution in [3.8, 4) is 0 Å². The molecule has 0 saturated carbocycles. The number of nitrogens with zero attached hydrogens (tertiary/aromatic N) is 2. The molecule has 2 aliphatic heterocycles. The topological polar surface area (TPSA) is 18.5 Å². The van der Waals surface area contributed by atoms with E-state index in [0.29, 0.717) is 0 Å². The maximum Gasteiger partial charge on any atom is 0.0110 e. The highest BCUT2D eigenvalue weighted by Gasteiger charge is 2.24. The van der Waals surface area contributed by atoms with Crippen molar-refractivity contribution in [1.29, 1.82) is 0 Å². The largest absolute Gasteiger partial charge is 0.314 e. The van der Waals surface area contributed by atoms with Crippen LogP contribution < -0.4 is 5.32 Å². The highest BCUT2D eigenvalue weighted by Crippen LogP contribution is 2.18. The molecule has 1 atom stereocenters. The molecule has 0 spiro atoms. The molecule has 2 heterocycles. The van der Waals surface area contributed by atoms with Gasteiger partial charge < -0.3 is 10.2 Å². The molecule has 0 aliphatic carbocycles. The minimum absolute atomic E-state index is 0.724. The van der Waals surface area contributed by atoms with Crippen LogP contribution in [0.5, 0.6) is 0 Å². The number of rotatable bonds is 2. The van der Waals surface area contributed by atoms with Crippen molar-refractivity contribution in [1.82, 2.24) is 15.1 Å². The zero-order valence-corrected chi connectivity index (χ0v) is 10.9. The third-order valence-corrected chi connectivity index (χ3v) is 4.13. The van der Waals surface area contributed by atoms with Crippen molar-refractivity contribution in [3.63, 3.8) is 0 Å². The smallest absolute Gasteiger partial charge is 0.0110 e. The second-order valence-electron chi connectivity index (χ2n) is 5.50. The standard InChI is InChI=1S/C13H27N3/c1-12(2)15-8-3-4-13(5-9-15)16-10-6-14-7-11-16/h12-14H,3-11H2,1-2H3. The van der Waals surface area contributed by atoms with Crippen molar-refractivity contribution < 1.29 is 0 Å². The summed E-state index contributed by atoms with van der Waals surface area (Å²) in [6.07, 6.45) is 4.16. The average Bonchev–Trinajstić information content (AvgIpc) is 2.55. The Morgan fingerprint density at radius 1 is 1.00 bits per heavy atom. The summed E-state index contributed by atoms with van der Waals surface area (Å²) < 4.78 is 0. The maximum absolute atomic E-state index is 3.44. The fourth-order valence-electron chi connectivity index (χ4n) is 3.03. The van der Waals surface area contributed by atoms with Crippen molar-refractivity contribution >= 4 is 0 Å². The van der Waals surface area contributed by atoms with Crippen LogP contribution in [0.2, 0.25) is 0 Å². The molecule has 1 N–H and O–H groups in total. The van der Waals surface area contributed by atoms with E-state index in [2.05, 4.69) is 29.0 Å². The SMILES string of the molecule is CC(C)N1CCCC(N2CCNCC2)CC1. The Balaban J connectivity index is 1.83. The van der Waals surface area contributed by atoms with Gasteiger partial charge in [-0.15, -0.1) is 0 Å². The van der Waals surface area contributed by atoms with Gasteiger partial charge in [-0.2, -0.15) is 0 Å². The second kappa shape index (κ2) is 5.99. The van der Waals surface area contributed by atoms with E-state index in [1.54, 1.807) is 0 Å². The number of hydrogen-bond donors (Lipinski definition) is 1. The van der Waals surface area contributed by atoms with Gasteiger partial charge in [-0.3, -0.25) is 4.90 Å². The van der Waals surface area contributed by atoms with Crippen LogP contribution in [0.4, 0.5) is 0 Å². The lowest BCUT2D eigenvalue weighted by molar-refractivity contribution is 0.154. The first-order valence-corrected chi connectivity index (χ1v) is 6.96. The summed E-state index contributed by atoms with van der Waals surface area (Å²) in [6.45, 7) is 12.1. The summed E-state index contributed by atoms with van der Waals surface area (Å²) in [5, 5.41) is 3.44. The molecule has 2 rings (SSSR count). The molecular weight excluding hydrogens is 198 g/mol. The van der Waals surface area contributed by atoms with Crippen LogP contribution in [-0.2, 0) is 0 Å². The Kier molecular flexibility index (Phi) is 4.62. The summed E-state index contributed by atoms with van der Waals surface area (Å²) in [5.74, 6) is 0. The van der Waals surface area contributed by atoms with Gasteiger partial charge in [-0.05, 0) is 46.2 Å². The molecule has 0 bridgehead atoms. The fraction of sp³-hybridized carbons (Fsp3) is 1.00. The molecule has 1 unspecified atom stereocenters. The molecule has 0 aromatic heterocycles. The van der Waals surface area contributed by atoms with Gasteiger partial charge in [0.2, 0.25) is 0 Å². The highest BCUT2D eigenvalue weighted by molar-refractivity contribution is 4.81. The van der Waals surface area contributed by atoms with Gasteiger partial charge in [0.25, 0.3) is 0 Å². The Labute approximate surface area is 100 Å². The molecule has 94 valence electrons. The first kappa shape index (κ1) is 12.3. The lowest BCUT2D eigenvalue weighted by Crippen LogP contribution is -2.48. The van der Waals surface area contributed by atoms with E-state index in [4.69, 9.17) is 0 Å². The molecule has 2 fully saturated rings. The average molecular weight is 225 g/mol. The Morgan fingerprint density at radius 2 is 1.75 bits per heavy atom. The van der Waals surface area contributed by atoms with E-state index < -0.39 is 0 Å². The quantitative estimate of drug-likeness (QED) is 0.761. The zero-order valence-electron chi connectivity index (χ0n) is 10.9. The van der Waals surface area contributed by atoms with Gasteiger partial charge in [0.05, 0.1) is 0 Å². The van der Waals surface area contributed by atoms with Crippen molar-refractivity contribution in [2.24, 2.45) is 0 Å². The fourth-order valence-corrected chi connectivity index (χ4v) is 3.03. The van der Waals surface area contributed by atoms with Gasteiger partial charge >= 0.3 is 0 Å². The van der Waals surface area contributed by atoms with E-state index in [0.717, 1.165) is 12.1 Å². The van der Waals surface area contributed by atoms with Crippen molar-refractivity contribution in [2.75, 3.05) is 39.3 Å². The number of piperazine rings is 1. The molecule has 2 aliphatic rings. The van der Waals surface area contributed by atoms with Crippen LogP contribution in [0.3, 0.4) is 0 Å². The highest BCUT2D eigenvalue weighted by atomic mass is 15.2. The van der Waals surface area contributed by atoms with Gasteiger partial charge in [0, 0.05) is 38.3 Å². The van der Waals surface area contributed by atoms with E-state index in [-0.39, 0.29) is 0 Å². The van der Waals surface area contributed by atoms with E-state index in [1.807, 2.05) is 0 Å². The molecule has 16 heavy (non-hydrogen) atoms. The monoisotopic (exact) mass is 225 g/mol. The van der Waals surface area contributed by atoms with Crippen LogP contribution in [0.1, 0.15) is 33.1 Å². The maximum atomic E-state index is 3.44. The second-order valence-corrected chi connectivity index (χ2v) is 5.50. The third kappa shape index (κ3) is 3.19. The van der Waals surface area contributed by atoms with Crippen LogP contribution in [0.15, 0.2) is 0 Å². The normalized spacial score (nSPS) is 30.6. The number of likely N-dealkylation sites (tertiary alicyclic amines) is 1. The minimum atomic E-state index is 0.724. The molecule has 3 heteroatoms. The number of hydrogen-bond acceptors (Lipinski definition) is 3. The van der Waals surface area contributed by atoms with Gasteiger partial charge in [0.1, 0.15) is 0 Å². The predicted molar refractivity (Wildman–Crippen MR) is 68.8 cm³/mol. The van der Waals surface area contributed by atoms with Gasteiger partial charge in [0.15, 0.2) is 0 Å². The summed E-state index contributed by atoms with van der Waals surface area (Å²) in [6, 6.07) is 1.58. The molecular formula is C13H27N3. The molecule has 2 saturated heterocycles. The number of nitrogens with one attached hydrogen (secondary N) is 1. The predicted octanol–water partition coefficient (Wildman–Crippen LogP) is 1.15. The van der Waals surface area contributed by atoms with Gasteiger partial charge in [-0.25, -0.2) is 0 Å². The third-order valence-electron chi connectivity index (χ3n) is 4.13. The summed E-state index contributed by atoms with van der Waals surface area (Å²) in [5.41, 5.74) is 0. The Morgan fingerprint density at radius 3 is 2.44 bits per heavy atom. The first-order valence-electron chi connectivity index (χ1n) is 6.96. The van der Waals surface area contributed by atoms with Crippen molar-refractivity contribution in [2.45, 2.75) is 45.2 Å². The summed E-state index contributed by atoms with van der Waals surface area (Å²) >= 11 is 0. The minimum Gasteiger partial charge on any atom is -0.314 e. The van der Waals surface area contributed by atoms with Gasteiger partial charge in [-0.1, -0.05) is 0 Å². The zero-order chi connectivity index (χ0) is 11.4. The molecule has 0 aromatic carbocycles. The Bertz CT molecular complexity index is 199. The van der Waals surface area contributed by atoms with E-state index in [9.17, 15) is 0 Å². The summed E-state index contributed by atoms with van der Waals surface area (Å²) in [7, 11) is 0. The first-order chi connectivity index (χ1) is 7.77. The molecule has 0 amide bonds. The van der Waals surface area contributed by atoms with Crippen LogP contribution in [-0.4, -0.2) is 61.2 Å². The van der Waals surface area contributed by atoms with E-state index >= 15 is 0 Å². The lowest BCUT2D eigenvalue weighted by atomic mass is 10.1. The lowest BCUT2D eigenvalue weighted by Gasteiger charge is -2.34. The Hall–Kier alpha value is -0.120. The van der Waals surface area contributed by atoms with Crippen LogP contribution >= 0.6 is 0 Å². The van der Waals surface area contributed by atoms with Crippen LogP contribution in [0.25, 0.3) is 0 Å². The molecule has 0 radical (unpaired) electrons. The van der Waals surface area contributed by atoms with Crippen LogP contribution in [0, 0.1) is 0 Å². The van der Waals surface area contributed by atoms with Crippen molar-refractivity contribution in [3.05, 3.63) is 0 Å².